The molecule has 3 aromatic rings. The van der Waals surface area contributed by atoms with Crippen LogP contribution < -0.4 is 35.0 Å². The molecule has 1 aliphatic rings. The fraction of sp³-hybridized carbons (Fsp3) is 0.522. The smallest absolute Gasteiger partial charge is 0.408 e. The van der Waals surface area contributed by atoms with Crippen molar-refractivity contribution in [3.63, 3.8) is 0 Å². The molecule has 13 heteroatoms. The Balaban J connectivity index is 1.18. The molecular weight excluding hydrogens is 757 g/mol. The van der Waals surface area contributed by atoms with E-state index in [1.807, 2.05) is 12.1 Å². The van der Waals surface area contributed by atoms with Crippen molar-refractivity contribution < 1.29 is 47.9 Å². The molecule has 3 aromatic carbocycles. The maximum Gasteiger partial charge on any atom is 0.408 e. The van der Waals surface area contributed by atoms with E-state index in [0.29, 0.717) is 54.1 Å². The van der Waals surface area contributed by atoms with Gasteiger partial charge in [0.15, 0.2) is 23.4 Å². The molecule has 0 bridgehead atoms. The van der Waals surface area contributed by atoms with Gasteiger partial charge in [-0.05, 0) is 86.9 Å². The maximum atomic E-state index is 13.3. The Morgan fingerprint density at radius 3 is 2.02 bits per heavy atom. The first-order valence-corrected chi connectivity index (χ1v) is 20.5. The first-order valence-electron chi connectivity index (χ1n) is 20.5. The number of hydrogen-bond donors (Lipinski definition) is 3. The van der Waals surface area contributed by atoms with E-state index in [-0.39, 0.29) is 23.7 Å². The zero-order valence-electron chi connectivity index (χ0n) is 35.7. The molecule has 0 heterocycles. The van der Waals surface area contributed by atoms with E-state index < -0.39 is 35.9 Å². The minimum absolute atomic E-state index is 0.0666. The van der Waals surface area contributed by atoms with Gasteiger partial charge in [0, 0.05) is 12.0 Å². The SMILES string of the molecule is COc1cc2c(c(OC)c1OC)-c1ccc(OC)c(=O)cc1[C@@H](NC(=O)CCCCCCCCCCCOC(=O)[C@H](O)[C@@H](NC(=O)OC(C)(C)C)c1ccccc1)CC2. The summed E-state index contributed by atoms with van der Waals surface area (Å²) < 4.78 is 33.2. The molecule has 0 spiro atoms. The summed E-state index contributed by atoms with van der Waals surface area (Å²) in [6.45, 7) is 5.38. The van der Waals surface area contributed by atoms with Crippen molar-refractivity contribution in [1.29, 1.82) is 0 Å². The number of benzene rings is 2. The molecule has 13 nitrogen and oxygen atoms in total. The lowest BCUT2D eigenvalue weighted by Crippen LogP contribution is -2.43. The molecule has 0 radical (unpaired) electrons. The highest BCUT2D eigenvalue weighted by Gasteiger charge is 2.32. The number of aliphatic hydroxyl groups excluding tert-OH is 1. The van der Waals surface area contributed by atoms with Crippen LogP contribution in [0.3, 0.4) is 0 Å². The molecule has 0 saturated heterocycles. The van der Waals surface area contributed by atoms with Crippen molar-refractivity contribution in [2.24, 2.45) is 0 Å². The molecule has 3 N–H and O–H groups in total. The molecular formula is C46H62N2O11. The lowest BCUT2D eigenvalue weighted by molar-refractivity contribution is -0.155. The Kier molecular flexibility index (Phi) is 17.9. The number of methoxy groups -OCH3 is 4. The summed E-state index contributed by atoms with van der Waals surface area (Å²) >= 11 is 0. The van der Waals surface area contributed by atoms with Gasteiger partial charge in [-0.1, -0.05) is 81.3 Å². The fourth-order valence-electron chi connectivity index (χ4n) is 7.34. The van der Waals surface area contributed by atoms with Gasteiger partial charge in [0.1, 0.15) is 5.60 Å². The molecule has 0 saturated carbocycles. The van der Waals surface area contributed by atoms with Crippen LogP contribution in [0.2, 0.25) is 0 Å². The van der Waals surface area contributed by atoms with Gasteiger partial charge in [0.05, 0.1) is 47.1 Å². The topological polar surface area (TPSA) is 168 Å². The second-order valence-electron chi connectivity index (χ2n) is 15.7. The van der Waals surface area contributed by atoms with Crippen LogP contribution in [0.1, 0.15) is 120 Å². The molecule has 322 valence electrons. The van der Waals surface area contributed by atoms with Crippen LogP contribution >= 0.6 is 0 Å². The highest BCUT2D eigenvalue weighted by Crippen LogP contribution is 2.50. The number of esters is 1. The van der Waals surface area contributed by atoms with E-state index in [2.05, 4.69) is 10.6 Å². The van der Waals surface area contributed by atoms with Crippen molar-refractivity contribution >= 4 is 18.0 Å². The van der Waals surface area contributed by atoms with Crippen molar-refractivity contribution in [2.45, 2.75) is 122 Å². The number of carbonyl (C=O) groups is 3. The monoisotopic (exact) mass is 818 g/mol. The van der Waals surface area contributed by atoms with E-state index in [1.54, 1.807) is 84.6 Å². The summed E-state index contributed by atoms with van der Waals surface area (Å²) in [4.78, 5) is 51.6. The van der Waals surface area contributed by atoms with Crippen LogP contribution in [0.25, 0.3) is 11.1 Å². The van der Waals surface area contributed by atoms with E-state index in [1.165, 1.54) is 7.11 Å². The van der Waals surface area contributed by atoms with E-state index in [9.17, 15) is 24.3 Å². The summed E-state index contributed by atoms with van der Waals surface area (Å²) in [6.07, 6.45) is 7.63. The maximum absolute atomic E-state index is 13.3. The van der Waals surface area contributed by atoms with Crippen LogP contribution in [-0.4, -0.2) is 69.8 Å². The number of fused-ring (bicyclic) bond motifs is 3. The van der Waals surface area contributed by atoms with Crippen LogP contribution in [-0.2, 0) is 25.5 Å². The number of unbranched alkanes of at least 4 members (excludes halogenated alkanes) is 8. The predicted octanol–water partition coefficient (Wildman–Crippen LogP) is 7.92. The lowest BCUT2D eigenvalue weighted by Gasteiger charge is -2.26. The minimum Gasteiger partial charge on any atom is -0.493 e. The molecule has 0 fully saturated rings. The van der Waals surface area contributed by atoms with E-state index >= 15 is 0 Å². The van der Waals surface area contributed by atoms with E-state index in [4.69, 9.17) is 28.4 Å². The average molecular weight is 819 g/mol. The normalized spacial score (nSPS) is 14.3. The quantitative estimate of drug-likeness (QED) is 0.0706. The highest BCUT2D eigenvalue weighted by atomic mass is 16.6. The number of hydrogen-bond acceptors (Lipinski definition) is 11. The molecule has 0 unspecified atom stereocenters. The Hall–Kier alpha value is -5.30. The number of aryl methyl sites for hydroxylation is 1. The van der Waals surface area contributed by atoms with Crippen LogP contribution in [0, 0.1) is 0 Å². The Bertz CT molecular complexity index is 1910. The third kappa shape index (κ3) is 13.4. The van der Waals surface area contributed by atoms with Gasteiger partial charge in [-0.15, -0.1) is 0 Å². The molecule has 2 amide bonds. The summed E-state index contributed by atoms with van der Waals surface area (Å²) in [5.74, 6) is 0.811. The first-order chi connectivity index (χ1) is 28.3. The van der Waals surface area contributed by atoms with Crippen LogP contribution in [0.15, 0.2) is 59.4 Å². The third-order valence-electron chi connectivity index (χ3n) is 10.2. The Morgan fingerprint density at radius 2 is 1.41 bits per heavy atom. The number of ether oxygens (including phenoxy) is 6. The highest BCUT2D eigenvalue weighted by molar-refractivity contribution is 5.84. The molecule has 59 heavy (non-hydrogen) atoms. The van der Waals surface area contributed by atoms with Crippen molar-refractivity contribution in [2.75, 3.05) is 35.0 Å². The van der Waals surface area contributed by atoms with Gasteiger partial charge < -0.3 is 44.2 Å². The number of alkyl carbamates (subject to hydrolysis) is 1. The minimum atomic E-state index is -1.60. The predicted molar refractivity (Wildman–Crippen MR) is 225 cm³/mol. The van der Waals surface area contributed by atoms with Crippen molar-refractivity contribution in [3.8, 4) is 34.1 Å². The summed E-state index contributed by atoms with van der Waals surface area (Å²) in [5.41, 5.74) is 2.72. The van der Waals surface area contributed by atoms with Gasteiger partial charge in [0.25, 0.3) is 0 Å². The number of carbonyl (C=O) groups excluding carboxylic acids is 3. The summed E-state index contributed by atoms with van der Waals surface area (Å²) in [7, 11) is 6.15. The second-order valence-corrected chi connectivity index (χ2v) is 15.7. The van der Waals surface area contributed by atoms with E-state index in [0.717, 1.165) is 68.1 Å². The van der Waals surface area contributed by atoms with Gasteiger partial charge >= 0.3 is 12.1 Å². The summed E-state index contributed by atoms with van der Waals surface area (Å²) in [5, 5.41) is 16.6. The second kappa shape index (κ2) is 22.7. The lowest BCUT2D eigenvalue weighted by atomic mass is 9.95. The largest absolute Gasteiger partial charge is 0.493 e. The van der Waals surface area contributed by atoms with Crippen molar-refractivity contribution in [3.05, 3.63) is 81.5 Å². The zero-order valence-corrected chi connectivity index (χ0v) is 35.7. The van der Waals surface area contributed by atoms with Gasteiger partial charge in [-0.2, -0.15) is 0 Å². The Labute approximate surface area is 348 Å². The first kappa shape index (κ1) is 46.4. The van der Waals surface area contributed by atoms with Crippen molar-refractivity contribution in [1.82, 2.24) is 10.6 Å². The molecule has 0 aliphatic heterocycles. The molecule has 3 atom stereocenters. The van der Waals surface area contributed by atoms with Gasteiger partial charge in [-0.25, -0.2) is 9.59 Å². The zero-order chi connectivity index (χ0) is 43.0. The molecule has 4 rings (SSSR count). The Morgan fingerprint density at radius 1 is 0.780 bits per heavy atom. The molecule has 1 aliphatic carbocycles. The average Bonchev–Trinajstić information content (AvgIpc) is 3.46. The number of rotatable bonds is 21. The summed E-state index contributed by atoms with van der Waals surface area (Å²) in [6, 6.07) is 14.3. The number of aliphatic hydroxyl groups is 1. The number of nitrogens with one attached hydrogen (secondary N) is 2. The third-order valence-corrected chi connectivity index (χ3v) is 10.2. The molecule has 0 aromatic heterocycles. The van der Waals surface area contributed by atoms with Crippen LogP contribution in [0.5, 0.6) is 23.0 Å². The van der Waals surface area contributed by atoms with Crippen LogP contribution in [0.4, 0.5) is 4.79 Å². The standard InChI is InChI=1S/C46H62N2O11/c1-46(2,3)59-45(53)48-40(30-20-16-15-17-21-30)41(51)44(52)58-27-19-14-12-10-8-9-11-13-18-22-38(50)47-34-25-23-31-28-37(55-5)42(56-6)43(57-7)39(31)32-24-26-36(54-4)35(49)29-33(32)34/h15-17,20-21,24,26,28-29,34,40-41,51H,8-14,18-19,22-23,25,27H2,1-7H3,(H,47,50)(H,48,53)/t34-,40-,41+/m0/s1. The van der Waals surface area contributed by atoms with Gasteiger partial charge in [-0.3, -0.25) is 9.59 Å². The number of amides is 2. The van der Waals surface area contributed by atoms with Gasteiger partial charge in [0.2, 0.25) is 17.1 Å². The fourth-order valence-corrected chi connectivity index (χ4v) is 7.34.